The van der Waals surface area contributed by atoms with Crippen molar-refractivity contribution in [1.29, 1.82) is 0 Å². The van der Waals surface area contributed by atoms with Crippen molar-refractivity contribution >= 4 is 11.8 Å². The average molecular weight is 163 g/mol. The van der Waals surface area contributed by atoms with Gasteiger partial charge in [-0.1, -0.05) is 6.92 Å². The molecule has 0 saturated heterocycles. The first-order valence-electron chi connectivity index (χ1n) is 3.55. The molecular weight excluding hydrogens is 146 g/mol. The Morgan fingerprint density at radius 1 is 1.50 bits per heavy atom. The summed E-state index contributed by atoms with van der Waals surface area (Å²) in [6.07, 6.45) is 0.346. The summed E-state index contributed by atoms with van der Waals surface area (Å²) in [5, 5.41) is 0.553. The second-order valence-electron chi connectivity index (χ2n) is 2.43. The van der Waals surface area contributed by atoms with E-state index in [0.717, 1.165) is 12.3 Å². The molecule has 0 bridgehead atoms. The van der Waals surface area contributed by atoms with Crippen LogP contribution >= 0.6 is 11.8 Å². The molecule has 3 heteroatoms. The molecule has 0 aromatic carbocycles. The van der Waals surface area contributed by atoms with Crippen LogP contribution in [0.15, 0.2) is 0 Å². The quantitative estimate of drug-likeness (QED) is 0.659. The van der Waals surface area contributed by atoms with E-state index >= 15 is 0 Å². The van der Waals surface area contributed by atoms with E-state index in [-0.39, 0.29) is 0 Å². The van der Waals surface area contributed by atoms with Gasteiger partial charge in [0.2, 0.25) is 0 Å². The van der Waals surface area contributed by atoms with E-state index in [0.29, 0.717) is 11.4 Å². The van der Waals surface area contributed by atoms with Crippen LogP contribution < -0.4 is 5.73 Å². The molecule has 0 spiro atoms. The Morgan fingerprint density at radius 3 is 2.50 bits per heavy atom. The highest BCUT2D eigenvalue weighted by Crippen LogP contribution is 2.10. The largest absolute Gasteiger partial charge is 0.381 e. The Morgan fingerprint density at radius 2 is 2.10 bits per heavy atom. The Bertz CT molecular complexity index is 70.0. The van der Waals surface area contributed by atoms with Gasteiger partial charge < -0.3 is 10.5 Å². The molecule has 0 heterocycles. The molecule has 2 atom stereocenters. The Labute approximate surface area is 67.5 Å². The molecule has 0 radical (unpaired) electrons. The fraction of sp³-hybridized carbons (Fsp3) is 1.00. The molecule has 2 N–H and O–H groups in total. The zero-order valence-electron chi connectivity index (χ0n) is 6.96. The molecule has 2 nitrogen and oxygen atoms in total. The van der Waals surface area contributed by atoms with Crippen LogP contribution in [-0.4, -0.2) is 30.8 Å². The summed E-state index contributed by atoms with van der Waals surface area (Å²) >= 11 is 1.86. The van der Waals surface area contributed by atoms with Crippen LogP contribution in [-0.2, 0) is 4.74 Å². The molecule has 2 unspecified atom stereocenters. The maximum Gasteiger partial charge on any atom is 0.0633 e. The number of rotatable bonds is 5. The molecule has 0 aromatic heterocycles. The Hall–Kier alpha value is 0.270. The van der Waals surface area contributed by atoms with Crippen molar-refractivity contribution in [2.45, 2.75) is 25.2 Å². The zero-order valence-corrected chi connectivity index (χ0v) is 7.78. The van der Waals surface area contributed by atoms with Crippen molar-refractivity contribution < 1.29 is 4.74 Å². The fourth-order valence-electron chi connectivity index (χ4n) is 0.436. The number of nitrogens with two attached hydrogens (primary N) is 1. The second-order valence-corrected chi connectivity index (χ2v) is 3.90. The molecule has 0 aliphatic rings. The highest BCUT2D eigenvalue weighted by molar-refractivity contribution is 7.99. The van der Waals surface area contributed by atoms with Crippen LogP contribution in [0.25, 0.3) is 0 Å². The molecule has 0 aliphatic heterocycles. The molecule has 10 heavy (non-hydrogen) atoms. The monoisotopic (exact) mass is 163 g/mol. The SMILES string of the molecule is COC(C)CSC(C)CN. The minimum atomic E-state index is 0.346. The molecule has 0 aromatic rings. The molecule has 0 aliphatic carbocycles. The van der Waals surface area contributed by atoms with Gasteiger partial charge in [-0.25, -0.2) is 0 Å². The lowest BCUT2D eigenvalue weighted by molar-refractivity contribution is 0.137. The maximum atomic E-state index is 5.44. The zero-order chi connectivity index (χ0) is 7.98. The van der Waals surface area contributed by atoms with Crippen LogP contribution in [0.3, 0.4) is 0 Å². The van der Waals surface area contributed by atoms with Crippen molar-refractivity contribution in [2.75, 3.05) is 19.4 Å². The maximum absolute atomic E-state index is 5.44. The third-order valence-corrected chi connectivity index (χ3v) is 2.77. The number of thioether (sulfide) groups is 1. The Balaban J connectivity index is 3.17. The van der Waals surface area contributed by atoms with Crippen molar-refractivity contribution in [2.24, 2.45) is 5.73 Å². The predicted molar refractivity (Wildman–Crippen MR) is 47.4 cm³/mol. The molecule has 0 amide bonds. The van der Waals surface area contributed by atoms with Gasteiger partial charge in [-0.05, 0) is 6.92 Å². The number of methoxy groups -OCH3 is 1. The summed E-state index contributed by atoms with van der Waals surface area (Å²) < 4.78 is 5.08. The third kappa shape index (κ3) is 5.09. The summed E-state index contributed by atoms with van der Waals surface area (Å²) in [5.74, 6) is 1.04. The Kier molecular flexibility index (Phi) is 6.17. The molecule has 62 valence electrons. The predicted octanol–water partition coefficient (Wildman–Crippen LogP) is 1.10. The fourth-order valence-corrected chi connectivity index (χ4v) is 1.31. The summed E-state index contributed by atoms with van der Waals surface area (Å²) in [6.45, 7) is 4.95. The highest BCUT2D eigenvalue weighted by atomic mass is 32.2. The molecule has 0 fully saturated rings. The normalized spacial score (nSPS) is 16.8. The van der Waals surface area contributed by atoms with Crippen LogP contribution in [0.5, 0.6) is 0 Å². The van der Waals surface area contributed by atoms with Gasteiger partial charge in [-0.15, -0.1) is 0 Å². The summed E-state index contributed by atoms with van der Waals surface area (Å²) in [6, 6.07) is 0. The first kappa shape index (κ1) is 10.3. The topological polar surface area (TPSA) is 35.2 Å². The lowest BCUT2D eigenvalue weighted by Gasteiger charge is -2.11. The summed E-state index contributed by atoms with van der Waals surface area (Å²) in [5.41, 5.74) is 5.44. The minimum Gasteiger partial charge on any atom is -0.381 e. The van der Waals surface area contributed by atoms with Gasteiger partial charge in [0, 0.05) is 24.7 Å². The van der Waals surface area contributed by atoms with Gasteiger partial charge in [0.05, 0.1) is 6.10 Å². The van der Waals surface area contributed by atoms with Crippen LogP contribution in [0, 0.1) is 0 Å². The van der Waals surface area contributed by atoms with Crippen LogP contribution in [0.4, 0.5) is 0 Å². The van der Waals surface area contributed by atoms with E-state index in [4.69, 9.17) is 10.5 Å². The molecule has 0 rings (SSSR count). The first-order valence-corrected chi connectivity index (χ1v) is 4.60. The smallest absolute Gasteiger partial charge is 0.0633 e. The van der Waals surface area contributed by atoms with E-state index < -0.39 is 0 Å². The average Bonchev–Trinajstić information content (AvgIpc) is 1.99. The minimum absolute atomic E-state index is 0.346. The van der Waals surface area contributed by atoms with Gasteiger partial charge in [-0.2, -0.15) is 11.8 Å². The van der Waals surface area contributed by atoms with Gasteiger partial charge in [0.1, 0.15) is 0 Å². The lowest BCUT2D eigenvalue weighted by Crippen LogP contribution is -2.16. The molecular formula is C7H17NOS. The first-order chi connectivity index (χ1) is 4.70. The third-order valence-electron chi connectivity index (χ3n) is 1.35. The molecule has 0 saturated carbocycles. The van der Waals surface area contributed by atoms with Gasteiger partial charge >= 0.3 is 0 Å². The number of hydrogen-bond acceptors (Lipinski definition) is 3. The van der Waals surface area contributed by atoms with E-state index in [1.807, 2.05) is 11.8 Å². The van der Waals surface area contributed by atoms with E-state index in [1.54, 1.807) is 7.11 Å². The van der Waals surface area contributed by atoms with Crippen LogP contribution in [0.2, 0.25) is 0 Å². The van der Waals surface area contributed by atoms with Crippen LogP contribution in [0.1, 0.15) is 13.8 Å². The second kappa shape index (κ2) is 6.01. The van der Waals surface area contributed by atoms with Gasteiger partial charge in [0.25, 0.3) is 0 Å². The highest BCUT2D eigenvalue weighted by Gasteiger charge is 2.03. The standard InChI is InChI=1S/C7H17NOS/c1-6(9-3)5-10-7(2)4-8/h6-7H,4-5,8H2,1-3H3. The van der Waals surface area contributed by atoms with Gasteiger partial charge in [0.15, 0.2) is 0 Å². The van der Waals surface area contributed by atoms with Crippen molar-refractivity contribution in [3.63, 3.8) is 0 Å². The van der Waals surface area contributed by atoms with E-state index in [2.05, 4.69) is 13.8 Å². The van der Waals surface area contributed by atoms with E-state index in [9.17, 15) is 0 Å². The summed E-state index contributed by atoms with van der Waals surface area (Å²) in [4.78, 5) is 0. The summed E-state index contributed by atoms with van der Waals surface area (Å²) in [7, 11) is 1.73. The van der Waals surface area contributed by atoms with Crippen molar-refractivity contribution in [1.82, 2.24) is 0 Å². The van der Waals surface area contributed by atoms with E-state index in [1.165, 1.54) is 0 Å². The van der Waals surface area contributed by atoms with Gasteiger partial charge in [-0.3, -0.25) is 0 Å². The lowest BCUT2D eigenvalue weighted by atomic mass is 10.5. The van der Waals surface area contributed by atoms with Crippen molar-refractivity contribution in [3.05, 3.63) is 0 Å². The number of ether oxygens (including phenoxy) is 1. The number of hydrogen-bond donors (Lipinski definition) is 1. The van der Waals surface area contributed by atoms with Crippen molar-refractivity contribution in [3.8, 4) is 0 Å².